The molecule has 1 amide bonds. The van der Waals surface area contributed by atoms with Gasteiger partial charge in [-0.05, 0) is 39.3 Å². The lowest BCUT2D eigenvalue weighted by Gasteiger charge is -2.31. The highest BCUT2D eigenvalue weighted by Crippen LogP contribution is 2.39. The summed E-state index contributed by atoms with van der Waals surface area (Å²) in [7, 11) is 0. The van der Waals surface area contributed by atoms with Gasteiger partial charge in [0.25, 0.3) is 0 Å². The number of nitrogens with one attached hydrogen (secondary N) is 1. The third kappa shape index (κ3) is 6.79. The van der Waals surface area contributed by atoms with Crippen LogP contribution < -0.4 is 24.4 Å². The summed E-state index contributed by atoms with van der Waals surface area (Å²) in [5, 5.41) is 2.99. The van der Waals surface area contributed by atoms with Gasteiger partial charge in [-0.1, -0.05) is 17.7 Å². The Kier molecular flexibility index (Phi) is 9.04. The fourth-order valence-corrected chi connectivity index (χ4v) is 3.51. The lowest BCUT2D eigenvalue weighted by Crippen LogP contribution is -2.36. The van der Waals surface area contributed by atoms with Gasteiger partial charge in [-0.2, -0.15) is 0 Å². The number of ether oxygens (including phenoxy) is 4. The molecule has 2 aromatic rings. The Morgan fingerprint density at radius 1 is 1.00 bits per heavy atom. The number of benzene rings is 2. The lowest BCUT2D eigenvalue weighted by molar-refractivity contribution is -0.116. The summed E-state index contributed by atoms with van der Waals surface area (Å²) < 4.78 is 22.9. The average Bonchev–Trinajstić information content (AvgIpc) is 2.80. The number of hydrogen-bond acceptors (Lipinski definition) is 6. The van der Waals surface area contributed by atoms with Crippen LogP contribution in [-0.4, -0.2) is 52.0 Å². The van der Waals surface area contributed by atoms with E-state index in [1.165, 1.54) is 5.56 Å². The first-order valence-corrected chi connectivity index (χ1v) is 11.4. The van der Waals surface area contributed by atoms with Crippen molar-refractivity contribution in [1.29, 1.82) is 0 Å². The summed E-state index contributed by atoms with van der Waals surface area (Å²) in [6.45, 7) is 10.4. The second kappa shape index (κ2) is 12.2. The summed E-state index contributed by atoms with van der Waals surface area (Å²) in [6, 6.07) is 11.7. The summed E-state index contributed by atoms with van der Waals surface area (Å²) in [4.78, 5) is 14.8. The second-order valence-corrected chi connectivity index (χ2v) is 7.59. The van der Waals surface area contributed by atoms with E-state index in [4.69, 9.17) is 18.9 Å². The van der Waals surface area contributed by atoms with E-state index in [0.717, 1.165) is 30.3 Å². The third-order valence-corrected chi connectivity index (χ3v) is 5.12. The van der Waals surface area contributed by atoms with Crippen molar-refractivity contribution < 1.29 is 23.7 Å². The fourth-order valence-electron chi connectivity index (χ4n) is 3.51. The van der Waals surface area contributed by atoms with Crippen molar-refractivity contribution in [3.8, 4) is 17.2 Å². The summed E-state index contributed by atoms with van der Waals surface area (Å²) in [5.74, 6) is 2.10. The van der Waals surface area contributed by atoms with Crippen molar-refractivity contribution in [3.05, 3.63) is 42.0 Å². The van der Waals surface area contributed by atoms with E-state index >= 15 is 0 Å². The maximum atomic E-state index is 12.6. The quantitative estimate of drug-likeness (QED) is 0.520. The number of carbonyl (C=O) groups is 1. The zero-order valence-electron chi connectivity index (χ0n) is 19.3. The Balaban J connectivity index is 1.63. The van der Waals surface area contributed by atoms with Crippen LogP contribution in [0.25, 0.3) is 0 Å². The molecule has 7 heteroatoms. The van der Waals surface area contributed by atoms with E-state index in [9.17, 15) is 4.79 Å². The molecule has 0 bridgehead atoms. The van der Waals surface area contributed by atoms with Gasteiger partial charge in [-0.25, -0.2) is 0 Å². The van der Waals surface area contributed by atoms with E-state index in [-0.39, 0.29) is 5.91 Å². The first-order valence-electron chi connectivity index (χ1n) is 11.4. The van der Waals surface area contributed by atoms with Gasteiger partial charge in [-0.3, -0.25) is 4.79 Å². The van der Waals surface area contributed by atoms with E-state index in [0.29, 0.717) is 57.3 Å². The van der Waals surface area contributed by atoms with Crippen LogP contribution in [0, 0.1) is 6.92 Å². The molecule has 0 radical (unpaired) electrons. The van der Waals surface area contributed by atoms with Gasteiger partial charge in [0.1, 0.15) is 17.2 Å². The van der Waals surface area contributed by atoms with Crippen LogP contribution in [0.1, 0.15) is 32.3 Å². The summed E-state index contributed by atoms with van der Waals surface area (Å²) in [6.07, 6.45) is 0.973. The second-order valence-electron chi connectivity index (χ2n) is 7.59. The van der Waals surface area contributed by atoms with Crippen LogP contribution in [0.3, 0.4) is 0 Å². The van der Waals surface area contributed by atoms with Gasteiger partial charge < -0.3 is 29.2 Å². The highest BCUT2D eigenvalue weighted by atomic mass is 16.5. The number of anilines is 2. The van der Waals surface area contributed by atoms with Crippen LogP contribution in [0.15, 0.2) is 36.4 Å². The summed E-state index contributed by atoms with van der Waals surface area (Å²) in [5.41, 5.74) is 2.77. The third-order valence-electron chi connectivity index (χ3n) is 5.12. The maximum Gasteiger partial charge on any atom is 0.224 e. The lowest BCUT2D eigenvalue weighted by atomic mass is 10.2. The minimum absolute atomic E-state index is 0.0833. The molecular weight excluding hydrogens is 408 g/mol. The number of amides is 1. The standard InChI is InChI=1S/C25H34N2O5/c1-4-30-23-18-22(27-12-15-29-16-13-27)24(31-5-2)17-21(23)26-25(28)7-6-14-32-20-10-8-19(3)9-11-20/h8-11,17-18H,4-7,12-16H2,1-3H3,(H,26,28). The summed E-state index contributed by atoms with van der Waals surface area (Å²) >= 11 is 0. The van der Waals surface area contributed by atoms with Gasteiger partial charge in [0.05, 0.1) is 44.4 Å². The van der Waals surface area contributed by atoms with Gasteiger partial charge in [0.15, 0.2) is 0 Å². The molecule has 0 atom stereocenters. The zero-order chi connectivity index (χ0) is 22.8. The van der Waals surface area contributed by atoms with Gasteiger partial charge in [-0.15, -0.1) is 0 Å². The van der Waals surface area contributed by atoms with Crippen molar-refractivity contribution in [1.82, 2.24) is 0 Å². The molecule has 1 aliphatic heterocycles. The Morgan fingerprint density at radius 2 is 1.69 bits per heavy atom. The first kappa shape index (κ1) is 23.7. The fraction of sp³-hybridized carbons (Fsp3) is 0.480. The van der Waals surface area contributed by atoms with Crippen molar-refractivity contribution in [2.24, 2.45) is 0 Å². The molecule has 1 N–H and O–H groups in total. The van der Waals surface area contributed by atoms with Gasteiger partial charge in [0.2, 0.25) is 5.91 Å². The maximum absolute atomic E-state index is 12.6. The number of nitrogens with zero attached hydrogens (tertiary/aromatic N) is 1. The van der Waals surface area contributed by atoms with Crippen LogP contribution in [0.4, 0.5) is 11.4 Å². The molecule has 0 unspecified atom stereocenters. The minimum Gasteiger partial charge on any atom is -0.494 e. The highest BCUT2D eigenvalue weighted by Gasteiger charge is 2.20. The first-order chi connectivity index (χ1) is 15.6. The van der Waals surface area contributed by atoms with Crippen molar-refractivity contribution in [2.75, 3.05) is 56.3 Å². The molecular formula is C25H34N2O5. The van der Waals surface area contributed by atoms with E-state index in [1.807, 2.05) is 57.2 Å². The number of aryl methyl sites for hydroxylation is 1. The molecule has 0 saturated carbocycles. The van der Waals surface area contributed by atoms with Crippen molar-refractivity contribution >= 4 is 17.3 Å². The number of hydrogen-bond donors (Lipinski definition) is 1. The van der Waals surface area contributed by atoms with E-state index in [2.05, 4.69) is 10.2 Å². The Labute approximate surface area is 190 Å². The molecule has 0 aromatic heterocycles. The zero-order valence-corrected chi connectivity index (χ0v) is 19.3. The number of morpholine rings is 1. The average molecular weight is 443 g/mol. The molecule has 32 heavy (non-hydrogen) atoms. The van der Waals surface area contributed by atoms with Crippen LogP contribution in [0.2, 0.25) is 0 Å². The molecule has 2 aromatic carbocycles. The Hall–Kier alpha value is -2.93. The number of carbonyl (C=O) groups excluding carboxylic acids is 1. The molecule has 1 saturated heterocycles. The molecule has 174 valence electrons. The van der Waals surface area contributed by atoms with Crippen LogP contribution in [0.5, 0.6) is 17.2 Å². The smallest absolute Gasteiger partial charge is 0.224 e. The van der Waals surface area contributed by atoms with Crippen LogP contribution in [-0.2, 0) is 9.53 Å². The van der Waals surface area contributed by atoms with Gasteiger partial charge in [0, 0.05) is 31.6 Å². The molecule has 7 nitrogen and oxygen atoms in total. The highest BCUT2D eigenvalue weighted by molar-refractivity contribution is 5.93. The minimum atomic E-state index is -0.0833. The largest absolute Gasteiger partial charge is 0.494 e. The van der Waals surface area contributed by atoms with E-state index < -0.39 is 0 Å². The molecule has 1 aliphatic rings. The predicted octanol–water partition coefficient (Wildman–Crippen LogP) is 4.43. The molecule has 0 spiro atoms. The predicted molar refractivity (Wildman–Crippen MR) is 126 cm³/mol. The van der Waals surface area contributed by atoms with Crippen molar-refractivity contribution in [3.63, 3.8) is 0 Å². The van der Waals surface area contributed by atoms with Crippen LogP contribution >= 0.6 is 0 Å². The number of rotatable bonds is 11. The Morgan fingerprint density at radius 3 is 2.38 bits per heavy atom. The molecule has 1 heterocycles. The Bertz CT molecular complexity index is 863. The SMILES string of the molecule is CCOc1cc(N2CCOCC2)c(OCC)cc1NC(=O)CCCOc1ccc(C)cc1. The monoisotopic (exact) mass is 442 g/mol. The molecule has 1 fully saturated rings. The molecule has 0 aliphatic carbocycles. The van der Waals surface area contributed by atoms with E-state index in [1.54, 1.807) is 0 Å². The topological polar surface area (TPSA) is 69.3 Å². The normalized spacial score (nSPS) is 13.5. The molecule has 3 rings (SSSR count). The van der Waals surface area contributed by atoms with Gasteiger partial charge >= 0.3 is 0 Å². The van der Waals surface area contributed by atoms with Crippen molar-refractivity contribution in [2.45, 2.75) is 33.6 Å².